The fraction of sp³-hybridized carbons (Fsp3) is 0.130. The van der Waals surface area contributed by atoms with Crippen LogP contribution in [0.15, 0.2) is 72.0 Å². The van der Waals surface area contributed by atoms with Crippen LogP contribution in [0.5, 0.6) is 0 Å². The third-order valence-corrected chi connectivity index (χ3v) is 4.89. The monoisotopic (exact) mass is 381 g/mol. The van der Waals surface area contributed by atoms with E-state index >= 15 is 0 Å². The molecular formula is C23H19N5O. The number of benzene rings is 1. The molecule has 0 saturated heterocycles. The van der Waals surface area contributed by atoms with Crippen LogP contribution in [0.1, 0.15) is 18.2 Å². The van der Waals surface area contributed by atoms with Gasteiger partial charge >= 0.3 is 0 Å². The molecule has 1 aromatic carbocycles. The van der Waals surface area contributed by atoms with Crippen molar-refractivity contribution in [3.63, 3.8) is 0 Å². The van der Waals surface area contributed by atoms with Crippen LogP contribution >= 0.6 is 0 Å². The third-order valence-electron chi connectivity index (χ3n) is 4.89. The molecule has 4 rings (SSSR count). The lowest BCUT2D eigenvalue weighted by Gasteiger charge is -2.10. The van der Waals surface area contributed by atoms with Crippen LogP contribution < -0.4 is 5.56 Å². The largest absolute Gasteiger partial charge is 0.318 e. The third kappa shape index (κ3) is 3.46. The van der Waals surface area contributed by atoms with Gasteiger partial charge in [-0.3, -0.25) is 9.78 Å². The molecule has 0 spiro atoms. The molecule has 0 aliphatic rings. The number of aromatic nitrogens is 4. The van der Waals surface area contributed by atoms with E-state index < -0.39 is 0 Å². The van der Waals surface area contributed by atoms with Gasteiger partial charge in [-0.1, -0.05) is 25.1 Å². The molecule has 0 saturated carbocycles. The minimum atomic E-state index is -0.0921. The molecule has 6 nitrogen and oxygen atoms in total. The van der Waals surface area contributed by atoms with Crippen LogP contribution in [0, 0.1) is 11.3 Å². The average molecular weight is 381 g/mol. The summed E-state index contributed by atoms with van der Waals surface area (Å²) >= 11 is 0. The molecular weight excluding hydrogens is 362 g/mol. The van der Waals surface area contributed by atoms with Gasteiger partial charge in [0.1, 0.15) is 6.07 Å². The summed E-state index contributed by atoms with van der Waals surface area (Å²) in [6.07, 6.45) is 8.07. The first-order chi connectivity index (χ1) is 14.1. The zero-order chi connectivity index (χ0) is 20.4. The summed E-state index contributed by atoms with van der Waals surface area (Å²) in [5.41, 5.74) is 5.56. The highest BCUT2D eigenvalue weighted by atomic mass is 16.1. The van der Waals surface area contributed by atoms with E-state index in [0.29, 0.717) is 11.3 Å². The number of aryl methyl sites for hydroxylation is 2. The van der Waals surface area contributed by atoms with Gasteiger partial charge in [-0.05, 0) is 30.2 Å². The van der Waals surface area contributed by atoms with Gasteiger partial charge < -0.3 is 4.57 Å². The van der Waals surface area contributed by atoms with Gasteiger partial charge in [0.15, 0.2) is 0 Å². The predicted molar refractivity (Wildman–Crippen MR) is 112 cm³/mol. The Kier molecular flexibility index (Phi) is 4.80. The molecule has 142 valence electrons. The van der Waals surface area contributed by atoms with E-state index in [9.17, 15) is 10.1 Å². The SMILES string of the molecule is CCc1ccc(-c2cc(=O)n(C)cc2-c2cnn(-c3ccccc3C#N)c2)cn1. The van der Waals surface area contributed by atoms with Crippen LogP contribution in [0.3, 0.4) is 0 Å². The number of nitriles is 1. The first kappa shape index (κ1) is 18.4. The molecule has 0 bridgehead atoms. The van der Waals surface area contributed by atoms with E-state index in [2.05, 4.69) is 23.1 Å². The molecule has 0 unspecified atom stereocenters. The van der Waals surface area contributed by atoms with Gasteiger partial charge in [0.25, 0.3) is 5.56 Å². The number of para-hydroxylation sites is 1. The number of hydrogen-bond acceptors (Lipinski definition) is 4. The Balaban J connectivity index is 1.85. The van der Waals surface area contributed by atoms with Gasteiger partial charge in [-0.15, -0.1) is 0 Å². The topological polar surface area (TPSA) is 76.5 Å². The van der Waals surface area contributed by atoms with E-state index in [4.69, 9.17) is 0 Å². The molecule has 29 heavy (non-hydrogen) atoms. The number of rotatable bonds is 4. The highest BCUT2D eigenvalue weighted by Crippen LogP contribution is 2.31. The molecule has 3 heterocycles. The van der Waals surface area contributed by atoms with Crippen molar-refractivity contribution in [1.82, 2.24) is 19.3 Å². The molecule has 0 fully saturated rings. The van der Waals surface area contributed by atoms with Gasteiger partial charge in [0.05, 0.1) is 17.4 Å². The molecule has 0 aliphatic heterocycles. The average Bonchev–Trinajstić information content (AvgIpc) is 3.25. The predicted octanol–water partition coefficient (Wildman–Crippen LogP) is 3.73. The molecule has 0 N–H and O–H groups in total. The maximum absolute atomic E-state index is 12.3. The first-order valence-corrected chi connectivity index (χ1v) is 9.31. The first-order valence-electron chi connectivity index (χ1n) is 9.31. The van der Waals surface area contributed by atoms with Crippen molar-refractivity contribution in [2.45, 2.75) is 13.3 Å². The minimum absolute atomic E-state index is 0.0921. The summed E-state index contributed by atoms with van der Waals surface area (Å²) < 4.78 is 3.23. The zero-order valence-corrected chi connectivity index (χ0v) is 16.2. The highest BCUT2D eigenvalue weighted by Gasteiger charge is 2.14. The van der Waals surface area contributed by atoms with Crippen molar-refractivity contribution < 1.29 is 0 Å². The zero-order valence-electron chi connectivity index (χ0n) is 16.2. The maximum atomic E-state index is 12.3. The number of pyridine rings is 2. The van der Waals surface area contributed by atoms with Gasteiger partial charge in [0, 0.05) is 54.1 Å². The molecule has 0 aliphatic carbocycles. The van der Waals surface area contributed by atoms with E-state index in [-0.39, 0.29) is 5.56 Å². The summed E-state index contributed by atoms with van der Waals surface area (Å²) in [6, 6.07) is 15.1. The second kappa shape index (κ2) is 7.56. The van der Waals surface area contributed by atoms with E-state index in [1.807, 2.05) is 42.7 Å². The van der Waals surface area contributed by atoms with Crippen molar-refractivity contribution in [2.75, 3.05) is 0 Å². The standard InChI is InChI=1S/C23H19N5O/c1-3-19-9-8-17(12-25-19)20-10-23(29)27(2)15-21(20)18-13-26-28(14-18)22-7-5-4-6-16(22)11-24/h4-10,12-15H,3H2,1-2H3. The number of hydrogen-bond donors (Lipinski definition) is 0. The molecule has 6 heteroatoms. The minimum Gasteiger partial charge on any atom is -0.318 e. The Labute approximate surface area is 168 Å². The van der Waals surface area contributed by atoms with Gasteiger partial charge in [-0.25, -0.2) is 4.68 Å². The Morgan fingerprint density at radius 3 is 2.59 bits per heavy atom. The van der Waals surface area contributed by atoms with Crippen LogP contribution in [-0.2, 0) is 13.5 Å². The summed E-state index contributed by atoms with van der Waals surface area (Å²) in [5.74, 6) is 0. The van der Waals surface area contributed by atoms with Crippen molar-refractivity contribution in [3.8, 4) is 34.0 Å². The lowest BCUT2D eigenvalue weighted by molar-refractivity contribution is 0.863. The maximum Gasteiger partial charge on any atom is 0.250 e. The molecule has 0 atom stereocenters. The molecule has 0 radical (unpaired) electrons. The van der Waals surface area contributed by atoms with Crippen LogP contribution in [0.4, 0.5) is 0 Å². The van der Waals surface area contributed by atoms with E-state index in [1.165, 1.54) is 0 Å². The lowest BCUT2D eigenvalue weighted by atomic mass is 9.99. The van der Waals surface area contributed by atoms with Crippen LogP contribution in [-0.4, -0.2) is 19.3 Å². The fourth-order valence-electron chi connectivity index (χ4n) is 3.25. The van der Waals surface area contributed by atoms with Crippen molar-refractivity contribution in [3.05, 3.63) is 88.9 Å². The quantitative estimate of drug-likeness (QED) is 0.540. The van der Waals surface area contributed by atoms with Crippen LogP contribution in [0.25, 0.3) is 27.9 Å². The van der Waals surface area contributed by atoms with E-state index in [1.54, 1.807) is 40.8 Å². The van der Waals surface area contributed by atoms with Crippen molar-refractivity contribution >= 4 is 0 Å². The molecule has 3 aromatic heterocycles. The van der Waals surface area contributed by atoms with Crippen molar-refractivity contribution in [2.24, 2.45) is 7.05 Å². The molecule has 0 amide bonds. The Hall–Kier alpha value is -3.98. The number of nitrogens with zero attached hydrogens (tertiary/aromatic N) is 5. The van der Waals surface area contributed by atoms with Crippen molar-refractivity contribution in [1.29, 1.82) is 5.26 Å². The smallest absolute Gasteiger partial charge is 0.250 e. The summed E-state index contributed by atoms with van der Waals surface area (Å²) in [7, 11) is 1.73. The van der Waals surface area contributed by atoms with Gasteiger partial charge in [0.2, 0.25) is 0 Å². The van der Waals surface area contributed by atoms with E-state index in [0.717, 1.165) is 34.4 Å². The second-order valence-electron chi connectivity index (χ2n) is 6.74. The summed E-state index contributed by atoms with van der Waals surface area (Å²) in [5, 5.41) is 13.8. The van der Waals surface area contributed by atoms with Crippen LogP contribution in [0.2, 0.25) is 0 Å². The lowest BCUT2D eigenvalue weighted by Crippen LogP contribution is -2.15. The Bertz CT molecular complexity index is 1280. The Morgan fingerprint density at radius 1 is 1.03 bits per heavy atom. The summed E-state index contributed by atoms with van der Waals surface area (Å²) in [6.45, 7) is 2.05. The highest BCUT2D eigenvalue weighted by molar-refractivity contribution is 5.82. The van der Waals surface area contributed by atoms with Gasteiger partial charge in [-0.2, -0.15) is 10.4 Å². The fourth-order valence-corrected chi connectivity index (χ4v) is 3.25. The second-order valence-corrected chi connectivity index (χ2v) is 6.74. The molecule has 4 aromatic rings. The normalized spacial score (nSPS) is 10.7. The Morgan fingerprint density at radius 2 is 1.86 bits per heavy atom. The summed E-state index contributed by atoms with van der Waals surface area (Å²) in [4.78, 5) is 16.8.